The molecular formula is C9H8ClF2N3. The van der Waals surface area contributed by atoms with Crippen molar-refractivity contribution in [2.75, 3.05) is 5.73 Å². The number of hydrogen-bond acceptors (Lipinski definition) is 3. The summed E-state index contributed by atoms with van der Waals surface area (Å²) < 4.78 is 25.1. The summed E-state index contributed by atoms with van der Waals surface area (Å²) in [4.78, 5) is 3.84. The van der Waals surface area contributed by atoms with Gasteiger partial charge in [-0.1, -0.05) is 0 Å². The van der Waals surface area contributed by atoms with Crippen LogP contribution in [-0.2, 0) is 12.3 Å². The van der Waals surface area contributed by atoms with Crippen molar-refractivity contribution in [1.29, 1.82) is 5.26 Å². The van der Waals surface area contributed by atoms with E-state index in [9.17, 15) is 8.78 Å². The van der Waals surface area contributed by atoms with Crippen molar-refractivity contribution in [2.45, 2.75) is 18.7 Å². The number of nitrogens with zero attached hydrogens (tertiary/aromatic N) is 2. The van der Waals surface area contributed by atoms with Gasteiger partial charge in [0.1, 0.15) is 0 Å². The Labute approximate surface area is 90.5 Å². The van der Waals surface area contributed by atoms with Gasteiger partial charge < -0.3 is 5.73 Å². The molecule has 0 aromatic carbocycles. The minimum Gasteiger partial charge on any atom is -0.397 e. The molecule has 0 unspecified atom stereocenters. The van der Waals surface area contributed by atoms with Crippen molar-refractivity contribution in [3.8, 4) is 6.07 Å². The van der Waals surface area contributed by atoms with E-state index in [-0.39, 0.29) is 29.2 Å². The molecule has 0 aliphatic heterocycles. The maximum atomic E-state index is 12.5. The third-order valence-electron chi connectivity index (χ3n) is 1.86. The van der Waals surface area contributed by atoms with Gasteiger partial charge in [-0.2, -0.15) is 5.26 Å². The van der Waals surface area contributed by atoms with Crippen LogP contribution in [0.4, 0.5) is 14.5 Å². The highest BCUT2D eigenvalue weighted by molar-refractivity contribution is 6.17. The van der Waals surface area contributed by atoms with Crippen molar-refractivity contribution in [3.05, 3.63) is 23.0 Å². The summed E-state index contributed by atoms with van der Waals surface area (Å²) in [5, 5.41) is 8.46. The molecule has 0 radical (unpaired) electrons. The zero-order valence-electron chi connectivity index (χ0n) is 7.67. The van der Waals surface area contributed by atoms with Crippen LogP contribution in [0, 0.1) is 11.3 Å². The maximum Gasteiger partial charge on any atom is 0.265 e. The first-order chi connectivity index (χ1) is 7.10. The fourth-order valence-electron chi connectivity index (χ4n) is 1.14. The summed E-state index contributed by atoms with van der Waals surface area (Å²) >= 11 is 5.52. The van der Waals surface area contributed by atoms with Crippen LogP contribution in [0.5, 0.6) is 0 Å². The van der Waals surface area contributed by atoms with Crippen molar-refractivity contribution < 1.29 is 8.78 Å². The lowest BCUT2D eigenvalue weighted by Gasteiger charge is -2.09. The summed E-state index contributed by atoms with van der Waals surface area (Å²) in [6, 6.07) is 2.90. The summed E-state index contributed by atoms with van der Waals surface area (Å²) in [6.45, 7) is 0. The molecular weight excluding hydrogens is 224 g/mol. The SMILES string of the molecule is N#CCc1nc(CCl)c(N)cc1C(F)F. The highest BCUT2D eigenvalue weighted by atomic mass is 35.5. The van der Waals surface area contributed by atoms with Crippen molar-refractivity contribution in [3.63, 3.8) is 0 Å². The lowest BCUT2D eigenvalue weighted by Crippen LogP contribution is -2.05. The lowest BCUT2D eigenvalue weighted by molar-refractivity contribution is 0.150. The molecule has 3 nitrogen and oxygen atoms in total. The van der Waals surface area contributed by atoms with E-state index in [0.717, 1.165) is 6.07 Å². The predicted octanol–water partition coefficient (Wildman–Crippen LogP) is 2.41. The second kappa shape index (κ2) is 4.89. The van der Waals surface area contributed by atoms with Crippen LogP contribution in [0.1, 0.15) is 23.4 Å². The normalized spacial score (nSPS) is 10.3. The first kappa shape index (κ1) is 11.7. The average molecular weight is 232 g/mol. The monoisotopic (exact) mass is 231 g/mol. The van der Waals surface area contributed by atoms with Crippen LogP contribution in [0.3, 0.4) is 0 Å². The Morgan fingerprint density at radius 3 is 2.67 bits per heavy atom. The van der Waals surface area contributed by atoms with E-state index < -0.39 is 6.43 Å². The molecule has 1 aromatic rings. The number of anilines is 1. The molecule has 2 N–H and O–H groups in total. The number of halogens is 3. The fraction of sp³-hybridized carbons (Fsp3) is 0.333. The number of nitrogens with two attached hydrogens (primary N) is 1. The molecule has 0 amide bonds. The molecule has 1 rings (SSSR count). The molecule has 1 aromatic heterocycles. The predicted molar refractivity (Wildman–Crippen MR) is 52.5 cm³/mol. The molecule has 1 heterocycles. The van der Waals surface area contributed by atoms with Gasteiger partial charge in [0.2, 0.25) is 0 Å². The van der Waals surface area contributed by atoms with E-state index in [1.54, 1.807) is 6.07 Å². The Balaban J connectivity index is 3.26. The summed E-state index contributed by atoms with van der Waals surface area (Å²) in [5.41, 5.74) is 5.66. The van der Waals surface area contributed by atoms with Gasteiger partial charge in [-0.3, -0.25) is 4.98 Å². The van der Waals surface area contributed by atoms with Crippen molar-refractivity contribution in [2.24, 2.45) is 0 Å². The first-order valence-electron chi connectivity index (χ1n) is 4.09. The average Bonchev–Trinajstić information content (AvgIpc) is 2.20. The second-order valence-corrected chi connectivity index (χ2v) is 3.10. The van der Waals surface area contributed by atoms with Crippen LogP contribution in [0.2, 0.25) is 0 Å². The highest BCUT2D eigenvalue weighted by Crippen LogP contribution is 2.26. The molecule has 15 heavy (non-hydrogen) atoms. The first-order valence-corrected chi connectivity index (χ1v) is 4.62. The van der Waals surface area contributed by atoms with E-state index in [0.29, 0.717) is 5.69 Å². The molecule has 0 bridgehead atoms. The Morgan fingerprint density at radius 1 is 1.53 bits per heavy atom. The van der Waals surface area contributed by atoms with Crippen molar-refractivity contribution in [1.82, 2.24) is 4.98 Å². The molecule has 0 atom stereocenters. The maximum absolute atomic E-state index is 12.5. The van der Waals surface area contributed by atoms with Crippen LogP contribution >= 0.6 is 11.6 Å². The van der Waals surface area contributed by atoms with E-state index in [1.807, 2.05) is 0 Å². The number of hydrogen-bond donors (Lipinski definition) is 1. The highest BCUT2D eigenvalue weighted by Gasteiger charge is 2.16. The largest absolute Gasteiger partial charge is 0.397 e. The number of aromatic nitrogens is 1. The van der Waals surface area contributed by atoms with E-state index in [1.165, 1.54) is 0 Å². The van der Waals surface area contributed by atoms with Crippen molar-refractivity contribution >= 4 is 17.3 Å². The van der Waals surface area contributed by atoms with Gasteiger partial charge in [-0.25, -0.2) is 8.78 Å². The fourth-order valence-corrected chi connectivity index (χ4v) is 1.35. The third kappa shape index (κ3) is 2.54. The number of pyridine rings is 1. The van der Waals surface area contributed by atoms with Crippen LogP contribution in [-0.4, -0.2) is 4.98 Å². The van der Waals surface area contributed by atoms with Gasteiger partial charge in [0, 0.05) is 5.56 Å². The molecule has 0 saturated carbocycles. The summed E-state index contributed by atoms with van der Waals surface area (Å²) in [7, 11) is 0. The van der Waals surface area contributed by atoms with Crippen LogP contribution in [0.25, 0.3) is 0 Å². The molecule has 0 spiro atoms. The number of rotatable bonds is 3. The molecule has 0 saturated heterocycles. The zero-order valence-corrected chi connectivity index (χ0v) is 8.43. The summed E-state index contributed by atoms with van der Waals surface area (Å²) in [6.07, 6.45) is -2.86. The van der Waals surface area contributed by atoms with E-state index >= 15 is 0 Å². The van der Waals surface area contributed by atoms with Gasteiger partial charge in [-0.15, -0.1) is 11.6 Å². The number of nitriles is 1. The van der Waals surface area contributed by atoms with E-state index in [2.05, 4.69) is 4.98 Å². The van der Waals surface area contributed by atoms with Gasteiger partial charge >= 0.3 is 0 Å². The topological polar surface area (TPSA) is 62.7 Å². The zero-order chi connectivity index (χ0) is 11.4. The minimum absolute atomic E-state index is 0.0355. The number of nitrogen functional groups attached to an aromatic ring is 1. The van der Waals surface area contributed by atoms with Gasteiger partial charge in [0.25, 0.3) is 6.43 Å². The molecule has 6 heteroatoms. The van der Waals surface area contributed by atoms with Gasteiger partial charge in [-0.05, 0) is 6.07 Å². The minimum atomic E-state index is -2.69. The smallest absolute Gasteiger partial charge is 0.265 e. The second-order valence-electron chi connectivity index (χ2n) is 2.83. The molecule has 80 valence electrons. The summed E-state index contributed by atoms with van der Waals surface area (Å²) in [5.74, 6) is 0.0355. The Bertz CT molecular complexity index is 401. The van der Waals surface area contributed by atoms with Gasteiger partial charge in [0.05, 0.1) is 35.4 Å². The van der Waals surface area contributed by atoms with Gasteiger partial charge in [0.15, 0.2) is 0 Å². The Morgan fingerprint density at radius 2 is 2.20 bits per heavy atom. The third-order valence-corrected chi connectivity index (χ3v) is 2.11. The van der Waals surface area contributed by atoms with E-state index in [4.69, 9.17) is 22.6 Å². The molecule has 0 fully saturated rings. The van der Waals surface area contributed by atoms with Crippen LogP contribution in [0.15, 0.2) is 6.07 Å². The van der Waals surface area contributed by atoms with Crippen LogP contribution < -0.4 is 5.73 Å². The Hall–Kier alpha value is -1.41. The quantitative estimate of drug-likeness (QED) is 0.813. The lowest BCUT2D eigenvalue weighted by atomic mass is 10.1. The molecule has 0 aliphatic rings. The standard InChI is InChI=1S/C9H8ClF2N3/c10-4-8-6(14)3-5(9(11)12)7(15-8)1-2-13/h3,9H,1,4,14H2. The molecule has 0 aliphatic carbocycles. The number of alkyl halides is 3. The Kier molecular flexibility index (Phi) is 3.81.